The standard InChI is InChI=1S/C72H48N2/c1-5-17-49(18-6-1)59-41-60(50-19-7-2-8-20-50)46-65(45-59)73(63-35-29-53-25-13-15-27-57(53)43-63)69-39-33-55-32-38-68-70(40-34-56-31-37-67(69)71(55)72(56)68)74(64-36-30-54-26-14-16-28-58(54)44-64)66-47-61(51-21-9-3-10-22-51)42-62(48-66)52-23-11-4-12-24-52/h1-48H. The highest BCUT2D eigenvalue weighted by Crippen LogP contribution is 2.50. The molecule has 2 heteroatoms. The topological polar surface area (TPSA) is 6.48 Å². The van der Waals surface area contributed by atoms with Crippen LogP contribution in [0.25, 0.3) is 98.4 Å². The van der Waals surface area contributed by atoms with E-state index in [1.54, 1.807) is 0 Å². The average molecular weight is 941 g/mol. The van der Waals surface area contributed by atoms with Crippen molar-refractivity contribution in [1.29, 1.82) is 0 Å². The molecule has 2 nitrogen and oxygen atoms in total. The Morgan fingerprint density at radius 1 is 0.176 bits per heavy atom. The van der Waals surface area contributed by atoms with Gasteiger partial charge in [-0.15, -0.1) is 0 Å². The molecule has 14 aromatic carbocycles. The van der Waals surface area contributed by atoms with Gasteiger partial charge in [0.05, 0.1) is 11.4 Å². The predicted octanol–water partition coefficient (Wildman–Crippen LogP) is 20.5. The number of hydrogen-bond acceptors (Lipinski definition) is 2. The minimum Gasteiger partial charge on any atom is -0.310 e. The molecule has 0 aliphatic rings. The Morgan fingerprint density at radius 3 is 0.824 bits per heavy atom. The van der Waals surface area contributed by atoms with Crippen LogP contribution in [-0.4, -0.2) is 0 Å². The summed E-state index contributed by atoms with van der Waals surface area (Å²) >= 11 is 0. The summed E-state index contributed by atoms with van der Waals surface area (Å²) in [6, 6.07) is 107. The van der Waals surface area contributed by atoms with Gasteiger partial charge >= 0.3 is 0 Å². The fourth-order valence-electron chi connectivity index (χ4n) is 11.3. The van der Waals surface area contributed by atoms with Crippen molar-refractivity contribution in [2.75, 3.05) is 9.80 Å². The predicted molar refractivity (Wildman–Crippen MR) is 316 cm³/mol. The maximum atomic E-state index is 2.49. The molecule has 0 spiro atoms. The Hall–Kier alpha value is -9.76. The molecule has 14 rings (SSSR count). The Balaban J connectivity index is 1.03. The first-order chi connectivity index (χ1) is 36.7. The van der Waals surface area contributed by atoms with Crippen LogP contribution in [-0.2, 0) is 0 Å². The quantitative estimate of drug-likeness (QED) is 0.126. The summed E-state index contributed by atoms with van der Waals surface area (Å²) in [5, 5.41) is 12.1. The van der Waals surface area contributed by atoms with Crippen LogP contribution in [0.1, 0.15) is 0 Å². The van der Waals surface area contributed by atoms with Crippen LogP contribution in [0.15, 0.2) is 291 Å². The second kappa shape index (κ2) is 18.1. The SMILES string of the molecule is c1ccc(-c2cc(-c3ccccc3)cc(N(c3ccc4ccccc4c3)c3ccc4ccc5c(N(c6cc(-c7ccccc7)cc(-c7ccccc7)c6)c6ccc7ccccc7c6)ccc6ccc3c4c65)c2)cc1. The summed E-state index contributed by atoms with van der Waals surface area (Å²) in [7, 11) is 0. The molecular formula is C72H48N2. The van der Waals surface area contributed by atoms with Gasteiger partial charge in [0.25, 0.3) is 0 Å². The largest absolute Gasteiger partial charge is 0.310 e. The highest BCUT2D eigenvalue weighted by atomic mass is 15.2. The van der Waals surface area contributed by atoms with Crippen molar-refractivity contribution in [3.05, 3.63) is 291 Å². The molecule has 0 aliphatic heterocycles. The lowest BCUT2D eigenvalue weighted by atomic mass is 9.91. The van der Waals surface area contributed by atoms with Crippen molar-refractivity contribution in [2.45, 2.75) is 0 Å². The van der Waals surface area contributed by atoms with Crippen LogP contribution in [0.3, 0.4) is 0 Å². The molecule has 0 atom stereocenters. The molecule has 74 heavy (non-hydrogen) atoms. The molecule has 346 valence electrons. The summed E-state index contributed by atoms with van der Waals surface area (Å²) < 4.78 is 0. The molecule has 0 bridgehead atoms. The van der Waals surface area contributed by atoms with E-state index in [9.17, 15) is 0 Å². The molecule has 0 saturated carbocycles. The number of rotatable bonds is 10. The third kappa shape index (κ3) is 7.69. The lowest BCUT2D eigenvalue weighted by Gasteiger charge is -2.30. The molecule has 14 aromatic rings. The second-order valence-electron chi connectivity index (χ2n) is 19.3. The van der Waals surface area contributed by atoms with Crippen LogP contribution in [0.2, 0.25) is 0 Å². The number of benzene rings is 14. The van der Waals surface area contributed by atoms with Gasteiger partial charge in [0.15, 0.2) is 0 Å². The highest BCUT2D eigenvalue weighted by molar-refractivity contribution is 6.28. The zero-order valence-electron chi connectivity index (χ0n) is 40.6. The third-order valence-corrected chi connectivity index (χ3v) is 14.9. The minimum absolute atomic E-state index is 1.09. The first kappa shape index (κ1) is 43.1. The first-order valence-corrected chi connectivity index (χ1v) is 25.5. The van der Waals surface area contributed by atoms with E-state index in [0.29, 0.717) is 0 Å². The summed E-state index contributed by atoms with van der Waals surface area (Å²) in [5.74, 6) is 0. The molecule has 0 aromatic heterocycles. The Kier molecular flexibility index (Phi) is 10.6. The van der Waals surface area contributed by atoms with Crippen molar-refractivity contribution in [2.24, 2.45) is 0 Å². The number of hydrogen-bond donors (Lipinski definition) is 0. The second-order valence-corrected chi connectivity index (χ2v) is 19.3. The number of fused-ring (bicyclic) bond motifs is 2. The van der Waals surface area contributed by atoms with Gasteiger partial charge in [-0.05, 0) is 160 Å². The van der Waals surface area contributed by atoms with E-state index in [0.717, 1.165) is 56.4 Å². The van der Waals surface area contributed by atoms with E-state index in [1.165, 1.54) is 76.1 Å². The van der Waals surface area contributed by atoms with E-state index >= 15 is 0 Å². The fraction of sp³-hybridized carbons (Fsp3) is 0. The van der Waals surface area contributed by atoms with Gasteiger partial charge in [0.1, 0.15) is 0 Å². The van der Waals surface area contributed by atoms with E-state index in [4.69, 9.17) is 0 Å². The van der Waals surface area contributed by atoms with E-state index < -0.39 is 0 Å². The number of nitrogens with zero attached hydrogens (tertiary/aromatic N) is 2. The van der Waals surface area contributed by atoms with Gasteiger partial charge in [-0.2, -0.15) is 0 Å². The summed E-state index contributed by atoms with van der Waals surface area (Å²) in [6.45, 7) is 0. The van der Waals surface area contributed by atoms with E-state index in [2.05, 4.69) is 301 Å². The van der Waals surface area contributed by atoms with Crippen LogP contribution < -0.4 is 9.80 Å². The van der Waals surface area contributed by atoms with E-state index in [1.807, 2.05) is 0 Å². The molecule has 0 heterocycles. The monoisotopic (exact) mass is 940 g/mol. The molecule has 0 saturated heterocycles. The molecular weight excluding hydrogens is 893 g/mol. The van der Waals surface area contributed by atoms with E-state index in [-0.39, 0.29) is 0 Å². The lowest BCUT2D eigenvalue weighted by molar-refractivity contribution is 1.30. The molecule has 0 aliphatic carbocycles. The van der Waals surface area contributed by atoms with Gasteiger partial charge in [-0.1, -0.05) is 218 Å². The lowest BCUT2D eigenvalue weighted by Crippen LogP contribution is -2.12. The van der Waals surface area contributed by atoms with Gasteiger partial charge in [0, 0.05) is 33.5 Å². The maximum Gasteiger partial charge on any atom is 0.0540 e. The zero-order valence-corrected chi connectivity index (χ0v) is 40.6. The van der Waals surface area contributed by atoms with Crippen molar-refractivity contribution in [3.63, 3.8) is 0 Å². The number of anilines is 6. The Bertz CT molecular complexity index is 3960. The minimum atomic E-state index is 1.09. The normalized spacial score (nSPS) is 11.5. The average Bonchev–Trinajstić information content (AvgIpc) is 3.49. The summed E-state index contributed by atoms with van der Waals surface area (Å²) in [5.41, 5.74) is 16.0. The molecule has 0 N–H and O–H groups in total. The van der Waals surface area contributed by atoms with Gasteiger partial charge in [-0.25, -0.2) is 0 Å². The van der Waals surface area contributed by atoms with Crippen LogP contribution in [0, 0.1) is 0 Å². The van der Waals surface area contributed by atoms with Gasteiger partial charge < -0.3 is 9.80 Å². The van der Waals surface area contributed by atoms with Gasteiger partial charge in [-0.3, -0.25) is 0 Å². The fourth-order valence-corrected chi connectivity index (χ4v) is 11.3. The van der Waals surface area contributed by atoms with Crippen molar-refractivity contribution >= 4 is 88.0 Å². The third-order valence-electron chi connectivity index (χ3n) is 14.9. The van der Waals surface area contributed by atoms with Crippen LogP contribution >= 0.6 is 0 Å². The van der Waals surface area contributed by atoms with Crippen LogP contribution in [0.4, 0.5) is 34.1 Å². The van der Waals surface area contributed by atoms with Crippen molar-refractivity contribution in [3.8, 4) is 44.5 Å². The van der Waals surface area contributed by atoms with Crippen molar-refractivity contribution in [1.82, 2.24) is 0 Å². The molecule has 0 radical (unpaired) electrons. The van der Waals surface area contributed by atoms with Crippen molar-refractivity contribution < 1.29 is 0 Å². The molecule has 0 fully saturated rings. The maximum absolute atomic E-state index is 2.49. The highest BCUT2D eigenvalue weighted by Gasteiger charge is 2.24. The molecule has 0 unspecified atom stereocenters. The first-order valence-electron chi connectivity index (χ1n) is 25.5. The zero-order chi connectivity index (χ0) is 49.0. The summed E-state index contributed by atoms with van der Waals surface area (Å²) in [4.78, 5) is 4.97. The van der Waals surface area contributed by atoms with Gasteiger partial charge in [0.2, 0.25) is 0 Å². The Labute approximate surface area is 431 Å². The Morgan fingerprint density at radius 2 is 0.473 bits per heavy atom. The smallest absolute Gasteiger partial charge is 0.0540 e. The molecule has 0 amide bonds. The van der Waals surface area contributed by atoms with Crippen LogP contribution in [0.5, 0.6) is 0 Å². The summed E-state index contributed by atoms with van der Waals surface area (Å²) in [6.07, 6.45) is 0.